The molecule has 1 aliphatic heterocycles. The van der Waals surface area contributed by atoms with E-state index in [9.17, 15) is 4.79 Å². The van der Waals surface area contributed by atoms with Crippen LogP contribution in [0.1, 0.15) is 30.1 Å². The van der Waals surface area contributed by atoms with E-state index in [1.165, 1.54) is 11.5 Å². The summed E-state index contributed by atoms with van der Waals surface area (Å²) in [4.78, 5) is 14.5. The maximum absolute atomic E-state index is 12.4. The van der Waals surface area contributed by atoms with E-state index in [-0.39, 0.29) is 23.0 Å². The molecule has 0 amide bonds. The lowest BCUT2D eigenvalue weighted by molar-refractivity contribution is 0.0528. The highest BCUT2D eigenvalue weighted by Gasteiger charge is 2.27. The molecule has 1 saturated heterocycles. The van der Waals surface area contributed by atoms with Crippen molar-refractivity contribution >= 4 is 51.0 Å². The van der Waals surface area contributed by atoms with Gasteiger partial charge in [0, 0.05) is 18.8 Å². The Morgan fingerprint density at radius 1 is 1.30 bits per heavy atom. The molecule has 7 heteroatoms. The molecule has 124 valence electrons. The number of para-hydroxylation sites is 1. The Labute approximate surface area is 150 Å². The van der Waals surface area contributed by atoms with Crippen molar-refractivity contribution in [3.63, 3.8) is 0 Å². The molecule has 0 atom stereocenters. The lowest BCUT2D eigenvalue weighted by Gasteiger charge is -2.16. The first kappa shape index (κ1) is 17.7. The molecule has 1 aliphatic rings. The third kappa shape index (κ3) is 4.03. The number of rotatable bonds is 5. The molecule has 0 bridgehead atoms. The first-order chi connectivity index (χ1) is 10.8. The van der Waals surface area contributed by atoms with Gasteiger partial charge < -0.3 is 15.0 Å². The zero-order chi connectivity index (χ0) is 15.4. The summed E-state index contributed by atoms with van der Waals surface area (Å²) < 4.78 is 9.73. The number of esters is 1. The Hall–Kier alpha value is -1.60. The zero-order valence-electron chi connectivity index (χ0n) is 12.9. The molecule has 1 N–H and O–H groups in total. The largest absolute Gasteiger partial charge is 0.462 e. The van der Waals surface area contributed by atoms with Crippen LogP contribution in [0.25, 0.3) is 0 Å². The van der Waals surface area contributed by atoms with Crippen LogP contribution < -0.4 is 10.2 Å². The topological polar surface area (TPSA) is 54.5 Å². The van der Waals surface area contributed by atoms with E-state index < -0.39 is 0 Å². The van der Waals surface area contributed by atoms with Gasteiger partial charge >= 0.3 is 5.97 Å². The molecule has 1 aromatic carbocycles. The lowest BCUT2D eigenvalue weighted by atomic mass is 10.2. The third-order valence-electron chi connectivity index (χ3n) is 3.59. The Morgan fingerprint density at radius 3 is 2.65 bits per heavy atom. The van der Waals surface area contributed by atoms with E-state index in [2.05, 4.69) is 14.6 Å². The molecule has 0 saturated carbocycles. The molecule has 0 unspecified atom stereocenters. The van der Waals surface area contributed by atoms with Gasteiger partial charge in [-0.3, -0.25) is 0 Å². The summed E-state index contributed by atoms with van der Waals surface area (Å²) in [5.41, 5.74) is 1.49. The molecule has 3 rings (SSSR count). The quantitative estimate of drug-likeness (QED) is 0.764. The molecular formula is C16H20BrN3O2S. The van der Waals surface area contributed by atoms with Crippen LogP contribution in [0.15, 0.2) is 30.3 Å². The fourth-order valence-electron chi connectivity index (χ4n) is 2.55. The van der Waals surface area contributed by atoms with Crippen molar-refractivity contribution in [1.29, 1.82) is 0 Å². The van der Waals surface area contributed by atoms with Crippen LogP contribution >= 0.6 is 28.5 Å². The SMILES string of the molecule is Br.CCOC(=O)c1c(N2CCCC2)nsc1Nc1ccccc1. The Bertz CT molecular complexity index is 642. The van der Waals surface area contributed by atoms with E-state index in [1.54, 1.807) is 0 Å². The minimum Gasteiger partial charge on any atom is -0.462 e. The molecule has 0 aliphatic carbocycles. The number of carbonyl (C=O) groups excluding carboxylic acids is 1. The van der Waals surface area contributed by atoms with Gasteiger partial charge in [0.25, 0.3) is 0 Å². The summed E-state index contributed by atoms with van der Waals surface area (Å²) in [6.45, 7) is 4.07. The average Bonchev–Trinajstić information content (AvgIpc) is 3.17. The van der Waals surface area contributed by atoms with Crippen LogP contribution in [0.5, 0.6) is 0 Å². The molecule has 0 spiro atoms. The normalized spacial score (nSPS) is 13.5. The fourth-order valence-corrected chi connectivity index (χ4v) is 3.37. The highest BCUT2D eigenvalue weighted by atomic mass is 79.9. The third-order valence-corrected chi connectivity index (χ3v) is 4.34. The number of ether oxygens (including phenoxy) is 1. The second-order valence-corrected chi connectivity index (χ2v) is 5.89. The predicted octanol–water partition coefficient (Wildman–Crippen LogP) is 4.24. The van der Waals surface area contributed by atoms with E-state index in [1.807, 2.05) is 37.3 Å². The molecule has 5 nitrogen and oxygen atoms in total. The summed E-state index contributed by atoms with van der Waals surface area (Å²) in [7, 11) is 0. The molecule has 23 heavy (non-hydrogen) atoms. The smallest absolute Gasteiger partial charge is 0.345 e. The predicted molar refractivity (Wildman–Crippen MR) is 99.6 cm³/mol. The first-order valence-electron chi connectivity index (χ1n) is 7.53. The average molecular weight is 398 g/mol. The number of nitrogens with one attached hydrogen (secondary N) is 1. The summed E-state index contributed by atoms with van der Waals surface area (Å²) in [5, 5.41) is 4.03. The van der Waals surface area contributed by atoms with Crippen molar-refractivity contribution in [2.24, 2.45) is 0 Å². The van der Waals surface area contributed by atoms with Crippen molar-refractivity contribution in [3.8, 4) is 0 Å². The van der Waals surface area contributed by atoms with Crippen molar-refractivity contribution in [2.45, 2.75) is 19.8 Å². The number of hydrogen-bond donors (Lipinski definition) is 1. The summed E-state index contributed by atoms with van der Waals surface area (Å²) in [6, 6.07) is 9.79. The Balaban J connectivity index is 0.00000192. The Morgan fingerprint density at radius 2 is 2.00 bits per heavy atom. The van der Waals surface area contributed by atoms with E-state index in [0.29, 0.717) is 12.2 Å². The van der Waals surface area contributed by atoms with Gasteiger partial charge in [0.05, 0.1) is 6.61 Å². The van der Waals surface area contributed by atoms with Crippen LogP contribution in [0.2, 0.25) is 0 Å². The molecule has 0 radical (unpaired) electrons. The minimum absolute atomic E-state index is 0. The van der Waals surface area contributed by atoms with Gasteiger partial charge in [0.1, 0.15) is 10.6 Å². The summed E-state index contributed by atoms with van der Waals surface area (Å²) in [5.74, 6) is 0.441. The molecule has 2 heterocycles. The van der Waals surface area contributed by atoms with Gasteiger partial charge in [-0.1, -0.05) is 18.2 Å². The lowest BCUT2D eigenvalue weighted by Crippen LogP contribution is -2.21. The number of anilines is 3. The number of aromatic nitrogens is 1. The van der Waals surface area contributed by atoms with Gasteiger partial charge in [-0.25, -0.2) is 4.79 Å². The van der Waals surface area contributed by atoms with Crippen LogP contribution in [-0.2, 0) is 4.74 Å². The highest BCUT2D eigenvalue weighted by molar-refractivity contribution is 8.93. The highest BCUT2D eigenvalue weighted by Crippen LogP contribution is 2.35. The van der Waals surface area contributed by atoms with Crippen LogP contribution in [0, 0.1) is 0 Å². The minimum atomic E-state index is -0.309. The van der Waals surface area contributed by atoms with Gasteiger partial charge in [-0.2, -0.15) is 4.37 Å². The Kier molecular flexibility index (Phi) is 6.41. The first-order valence-corrected chi connectivity index (χ1v) is 8.30. The van der Waals surface area contributed by atoms with Gasteiger partial charge in [-0.15, -0.1) is 17.0 Å². The molecule has 1 aromatic heterocycles. The molecule has 2 aromatic rings. The monoisotopic (exact) mass is 397 g/mol. The number of benzene rings is 1. The second kappa shape index (κ2) is 8.31. The standard InChI is InChI=1S/C16H19N3O2S.BrH/c1-2-21-16(20)13-14(19-10-6-7-11-19)18-22-15(13)17-12-8-4-3-5-9-12;/h3-5,8-9,17H,2,6-7,10-11H2,1H3;1H. The van der Waals surface area contributed by atoms with Crippen molar-refractivity contribution < 1.29 is 9.53 Å². The number of hydrogen-bond acceptors (Lipinski definition) is 6. The van der Waals surface area contributed by atoms with E-state index >= 15 is 0 Å². The number of halogens is 1. The zero-order valence-corrected chi connectivity index (χ0v) is 15.5. The van der Waals surface area contributed by atoms with Gasteiger partial charge in [-0.05, 0) is 43.4 Å². The van der Waals surface area contributed by atoms with Crippen LogP contribution in [0.4, 0.5) is 16.5 Å². The summed E-state index contributed by atoms with van der Waals surface area (Å²) >= 11 is 1.31. The second-order valence-electron chi connectivity index (χ2n) is 5.12. The van der Waals surface area contributed by atoms with Crippen LogP contribution in [-0.4, -0.2) is 30.0 Å². The van der Waals surface area contributed by atoms with Crippen LogP contribution in [0.3, 0.4) is 0 Å². The van der Waals surface area contributed by atoms with E-state index in [4.69, 9.17) is 4.74 Å². The molecular weight excluding hydrogens is 378 g/mol. The van der Waals surface area contributed by atoms with Crippen molar-refractivity contribution in [2.75, 3.05) is 29.9 Å². The fraction of sp³-hybridized carbons (Fsp3) is 0.375. The molecule has 1 fully saturated rings. The van der Waals surface area contributed by atoms with Gasteiger partial charge in [0.2, 0.25) is 0 Å². The number of nitrogens with zero attached hydrogens (tertiary/aromatic N) is 2. The maximum Gasteiger partial charge on any atom is 0.345 e. The summed E-state index contributed by atoms with van der Waals surface area (Å²) in [6.07, 6.45) is 2.28. The van der Waals surface area contributed by atoms with Crippen molar-refractivity contribution in [3.05, 3.63) is 35.9 Å². The maximum atomic E-state index is 12.4. The van der Waals surface area contributed by atoms with Crippen molar-refractivity contribution in [1.82, 2.24) is 4.37 Å². The number of carbonyl (C=O) groups is 1. The van der Waals surface area contributed by atoms with E-state index in [0.717, 1.165) is 42.4 Å². The van der Waals surface area contributed by atoms with Gasteiger partial charge in [0.15, 0.2) is 5.82 Å².